The number of anilines is 1. The second-order valence-corrected chi connectivity index (χ2v) is 9.89. The van der Waals surface area contributed by atoms with Crippen LogP contribution >= 0.6 is 79.1 Å². The molecule has 0 saturated heterocycles. The Kier molecular flexibility index (Phi) is 7.37. The van der Waals surface area contributed by atoms with Crippen molar-refractivity contribution in [1.82, 2.24) is 0 Å². The van der Waals surface area contributed by atoms with Crippen LogP contribution in [0, 0.1) is 16.5 Å². The molecule has 3 aromatic rings. The molecular formula is C19H11FI3NO4S. The van der Waals surface area contributed by atoms with Gasteiger partial charge < -0.3 is 15.2 Å². The number of carbonyl (C=O) groups is 2. The molecule has 0 bridgehead atoms. The summed E-state index contributed by atoms with van der Waals surface area (Å²) < 4.78 is 21.2. The van der Waals surface area contributed by atoms with Crippen LogP contribution in [0.4, 0.5) is 10.1 Å². The minimum absolute atomic E-state index is 0.0677. The fraction of sp³-hybridized carbons (Fsp3) is 0.0526. The number of hydrogen-bond donors (Lipinski definition) is 2. The van der Waals surface area contributed by atoms with Crippen molar-refractivity contribution in [1.29, 1.82) is 0 Å². The molecule has 0 aliphatic rings. The highest BCUT2D eigenvalue weighted by Gasteiger charge is 2.24. The van der Waals surface area contributed by atoms with Gasteiger partial charge in [-0.3, -0.25) is 4.79 Å². The van der Waals surface area contributed by atoms with E-state index in [9.17, 15) is 19.1 Å². The molecule has 0 saturated carbocycles. The number of methoxy groups -OCH3 is 1. The summed E-state index contributed by atoms with van der Waals surface area (Å²) in [5, 5.41) is 13.9. The number of carboxylic acid groups (broad SMARTS) is 1. The van der Waals surface area contributed by atoms with Gasteiger partial charge in [0.15, 0.2) is 0 Å². The number of carbonyl (C=O) groups excluding carboxylic acids is 1. The maximum Gasteiger partial charge on any atom is 0.339 e. The number of ether oxygens (including phenoxy) is 1. The van der Waals surface area contributed by atoms with E-state index in [1.165, 1.54) is 18.2 Å². The van der Waals surface area contributed by atoms with Crippen molar-refractivity contribution in [2.75, 3.05) is 12.4 Å². The van der Waals surface area contributed by atoms with Crippen LogP contribution in [0.2, 0.25) is 0 Å². The first-order valence-corrected chi connectivity index (χ1v) is 12.0. The number of rotatable bonds is 5. The Morgan fingerprint density at radius 2 is 1.90 bits per heavy atom. The van der Waals surface area contributed by atoms with E-state index in [2.05, 4.69) is 73.1 Å². The summed E-state index contributed by atoms with van der Waals surface area (Å²) in [6.45, 7) is 0. The lowest BCUT2D eigenvalue weighted by Crippen LogP contribution is -2.16. The number of hydrogen-bond acceptors (Lipinski definition) is 4. The molecule has 0 fully saturated rings. The zero-order chi connectivity index (χ0) is 21.3. The molecule has 150 valence electrons. The lowest BCUT2D eigenvalue weighted by atomic mass is 10.1. The van der Waals surface area contributed by atoms with E-state index in [1.54, 1.807) is 24.6 Å². The SMILES string of the molecule is COc1c(I)cc(C(=O)Nc2csc(-c3cccc(F)c3)c2C(=O)O)c(I)c1I. The van der Waals surface area contributed by atoms with E-state index in [1.807, 2.05) is 0 Å². The average Bonchev–Trinajstić information content (AvgIpc) is 3.09. The highest BCUT2D eigenvalue weighted by Crippen LogP contribution is 2.38. The van der Waals surface area contributed by atoms with Crippen LogP contribution in [0.25, 0.3) is 10.4 Å². The lowest BCUT2D eigenvalue weighted by molar-refractivity contribution is 0.0699. The summed E-state index contributed by atoms with van der Waals surface area (Å²) in [4.78, 5) is 25.2. The number of amides is 1. The zero-order valence-corrected chi connectivity index (χ0v) is 21.8. The van der Waals surface area contributed by atoms with Crippen LogP contribution in [0.1, 0.15) is 20.7 Å². The van der Waals surface area contributed by atoms with Gasteiger partial charge in [0.25, 0.3) is 5.91 Å². The van der Waals surface area contributed by atoms with Crippen LogP contribution in [0.5, 0.6) is 5.75 Å². The fourth-order valence-electron chi connectivity index (χ4n) is 2.62. The van der Waals surface area contributed by atoms with Gasteiger partial charge in [-0.1, -0.05) is 12.1 Å². The molecule has 0 aliphatic heterocycles. The van der Waals surface area contributed by atoms with Gasteiger partial charge in [-0.15, -0.1) is 11.3 Å². The largest absolute Gasteiger partial charge is 0.494 e. The van der Waals surface area contributed by atoms with E-state index < -0.39 is 17.7 Å². The Hall–Kier alpha value is -1.000. The number of thiophene rings is 1. The topological polar surface area (TPSA) is 75.6 Å². The Morgan fingerprint density at radius 1 is 1.17 bits per heavy atom. The zero-order valence-electron chi connectivity index (χ0n) is 14.6. The normalized spacial score (nSPS) is 10.7. The number of halogens is 4. The van der Waals surface area contributed by atoms with E-state index in [-0.39, 0.29) is 11.3 Å². The quantitative estimate of drug-likeness (QED) is 0.237. The van der Waals surface area contributed by atoms with Crippen LogP contribution in [0.15, 0.2) is 35.7 Å². The van der Waals surface area contributed by atoms with E-state index in [0.29, 0.717) is 25.3 Å². The molecule has 29 heavy (non-hydrogen) atoms. The molecule has 0 radical (unpaired) electrons. The summed E-state index contributed by atoms with van der Waals surface area (Å²) >= 11 is 7.39. The summed E-state index contributed by atoms with van der Waals surface area (Å²) in [6, 6.07) is 7.39. The molecular weight excluding hydrogens is 738 g/mol. The molecule has 0 unspecified atom stereocenters. The molecule has 1 amide bonds. The number of carboxylic acids is 1. The molecule has 1 heterocycles. The summed E-state index contributed by atoms with van der Waals surface area (Å²) in [5.74, 6) is -1.41. The van der Waals surface area contributed by atoms with Gasteiger partial charge in [-0.05, 0) is 91.5 Å². The van der Waals surface area contributed by atoms with Crippen molar-refractivity contribution in [2.24, 2.45) is 0 Å². The highest BCUT2D eigenvalue weighted by molar-refractivity contribution is 14.1. The van der Waals surface area contributed by atoms with E-state index >= 15 is 0 Å². The average molecular weight is 749 g/mol. The minimum Gasteiger partial charge on any atom is -0.494 e. The summed E-state index contributed by atoms with van der Waals surface area (Å²) in [6.07, 6.45) is 0. The Morgan fingerprint density at radius 3 is 2.52 bits per heavy atom. The van der Waals surface area contributed by atoms with Crippen molar-refractivity contribution in [3.63, 3.8) is 0 Å². The first-order valence-electron chi connectivity index (χ1n) is 7.88. The van der Waals surface area contributed by atoms with E-state index in [0.717, 1.165) is 18.5 Å². The Balaban J connectivity index is 2.01. The fourth-order valence-corrected chi connectivity index (χ4v) is 6.38. The highest BCUT2D eigenvalue weighted by atomic mass is 127. The van der Waals surface area contributed by atoms with Crippen LogP contribution in [-0.4, -0.2) is 24.1 Å². The second-order valence-electron chi connectivity index (χ2n) is 5.69. The van der Waals surface area contributed by atoms with Crippen molar-refractivity contribution < 1.29 is 23.8 Å². The van der Waals surface area contributed by atoms with Gasteiger partial charge in [-0.2, -0.15) is 0 Å². The maximum absolute atomic E-state index is 13.6. The van der Waals surface area contributed by atoms with Crippen LogP contribution in [-0.2, 0) is 0 Å². The monoisotopic (exact) mass is 749 g/mol. The third-order valence-electron chi connectivity index (χ3n) is 3.91. The van der Waals surface area contributed by atoms with Gasteiger partial charge in [0.05, 0.1) is 30.4 Å². The lowest BCUT2D eigenvalue weighted by Gasteiger charge is -2.13. The van der Waals surface area contributed by atoms with Crippen LogP contribution in [0.3, 0.4) is 0 Å². The summed E-state index contributed by atoms with van der Waals surface area (Å²) in [5.41, 5.74) is 0.955. The summed E-state index contributed by atoms with van der Waals surface area (Å²) in [7, 11) is 1.56. The first kappa shape index (κ1) is 22.7. The maximum atomic E-state index is 13.6. The number of nitrogens with one attached hydrogen (secondary N) is 1. The molecule has 5 nitrogen and oxygen atoms in total. The third-order valence-corrected chi connectivity index (χ3v) is 8.92. The van der Waals surface area contributed by atoms with Crippen molar-refractivity contribution in [3.8, 4) is 16.2 Å². The standard InChI is InChI=1S/C19H11FI3NO4S/c1-28-16-11(21)6-10(14(22)15(16)23)18(25)24-12-7-29-17(13(12)19(26)27)8-3-2-4-9(20)5-8/h2-7H,1H3,(H,24,25)(H,26,27). The molecule has 1 aromatic heterocycles. The van der Waals surface area contributed by atoms with E-state index in [4.69, 9.17) is 4.74 Å². The smallest absolute Gasteiger partial charge is 0.339 e. The van der Waals surface area contributed by atoms with Crippen molar-refractivity contribution >= 4 is 96.7 Å². The van der Waals surface area contributed by atoms with Gasteiger partial charge in [0.2, 0.25) is 0 Å². The van der Waals surface area contributed by atoms with Gasteiger partial charge in [0.1, 0.15) is 17.1 Å². The van der Waals surface area contributed by atoms with Gasteiger partial charge >= 0.3 is 5.97 Å². The molecule has 0 atom stereocenters. The molecule has 2 N–H and O–H groups in total. The molecule has 3 rings (SSSR count). The first-order chi connectivity index (χ1) is 13.7. The predicted molar refractivity (Wildman–Crippen MR) is 136 cm³/mol. The van der Waals surface area contributed by atoms with Crippen molar-refractivity contribution in [3.05, 3.63) is 63.4 Å². The number of aromatic carboxylic acids is 1. The molecule has 10 heteroatoms. The molecule has 2 aromatic carbocycles. The molecule has 0 aliphatic carbocycles. The second kappa shape index (κ2) is 9.43. The van der Waals surface area contributed by atoms with Crippen molar-refractivity contribution in [2.45, 2.75) is 0 Å². The number of benzene rings is 2. The Bertz CT molecular complexity index is 1130. The predicted octanol–water partition coefficient (Wildman–Crippen LogP) is 6.33. The third kappa shape index (κ3) is 4.69. The Labute approximate surface area is 210 Å². The van der Waals surface area contributed by atoms with Gasteiger partial charge in [-0.25, -0.2) is 9.18 Å². The van der Waals surface area contributed by atoms with Gasteiger partial charge in [0, 0.05) is 8.95 Å². The minimum atomic E-state index is -1.20. The van der Waals surface area contributed by atoms with Crippen LogP contribution < -0.4 is 10.1 Å². The molecule has 0 spiro atoms.